The molecule has 0 aliphatic carbocycles. The second-order valence-corrected chi connectivity index (χ2v) is 11.7. The zero-order valence-electron chi connectivity index (χ0n) is 9.43. The van der Waals surface area contributed by atoms with Gasteiger partial charge in [-0.2, -0.15) is 13.2 Å². The van der Waals surface area contributed by atoms with Crippen LogP contribution in [0.1, 0.15) is 5.56 Å². The molecule has 0 fully saturated rings. The van der Waals surface area contributed by atoms with Crippen LogP contribution in [0.5, 0.6) is 0 Å². The van der Waals surface area contributed by atoms with Gasteiger partial charge < -0.3 is 0 Å². The first-order chi connectivity index (χ1) is 7.18. The highest BCUT2D eigenvalue weighted by Gasteiger charge is 2.30. The zero-order valence-corrected chi connectivity index (χ0v) is 11.2. The van der Waals surface area contributed by atoms with Crippen LogP contribution in [0.3, 0.4) is 0 Å². The van der Waals surface area contributed by atoms with E-state index >= 15 is 0 Å². The molecular formula is C10H14F3NSSi. The Labute approximate surface area is 98.5 Å². The Kier molecular flexibility index (Phi) is 4.06. The van der Waals surface area contributed by atoms with E-state index in [-0.39, 0.29) is 0 Å². The molecule has 0 radical (unpaired) electrons. The first-order valence-electron chi connectivity index (χ1n) is 4.84. The van der Waals surface area contributed by atoms with Crippen LogP contribution < -0.4 is 0 Å². The van der Waals surface area contributed by atoms with Crippen LogP contribution in [0, 0.1) is 0 Å². The number of alkyl halides is 3. The molecule has 0 spiro atoms. The highest BCUT2D eigenvalue weighted by atomic mass is 32.2. The summed E-state index contributed by atoms with van der Waals surface area (Å²) < 4.78 is 36.8. The molecule has 0 aliphatic heterocycles. The Morgan fingerprint density at radius 1 is 1.25 bits per heavy atom. The topological polar surface area (TPSA) is 12.9 Å². The Morgan fingerprint density at radius 2 is 1.88 bits per heavy atom. The molecule has 0 unspecified atom stereocenters. The van der Waals surface area contributed by atoms with E-state index in [2.05, 4.69) is 24.6 Å². The number of halogens is 3. The van der Waals surface area contributed by atoms with Crippen LogP contribution in [0.25, 0.3) is 0 Å². The van der Waals surface area contributed by atoms with Crippen molar-refractivity contribution in [3.8, 4) is 0 Å². The maximum absolute atomic E-state index is 12.3. The number of nitrogens with zero attached hydrogens (tertiary/aromatic N) is 1. The summed E-state index contributed by atoms with van der Waals surface area (Å²) in [7, 11) is -1.19. The summed E-state index contributed by atoms with van der Waals surface area (Å²) in [5.41, 5.74) is -0.690. The third kappa shape index (κ3) is 4.57. The van der Waals surface area contributed by atoms with Gasteiger partial charge in [0.25, 0.3) is 0 Å². The molecule has 1 rings (SSSR count). The fourth-order valence-corrected chi connectivity index (χ4v) is 3.54. The average Bonchev–Trinajstić information content (AvgIpc) is 2.13. The van der Waals surface area contributed by atoms with Crippen LogP contribution in [-0.2, 0) is 6.18 Å². The van der Waals surface area contributed by atoms with E-state index in [1.165, 1.54) is 17.8 Å². The number of pyridine rings is 1. The smallest absolute Gasteiger partial charge is 0.249 e. The standard InChI is InChI=1S/C10H14F3NSSi/c1-16(2,3)7-15-9-5-4-8(6-14-9)10(11,12)13/h4-6H,7H2,1-3H3. The predicted octanol–water partition coefficient (Wildman–Crippen LogP) is 4.07. The average molecular weight is 265 g/mol. The summed E-state index contributed by atoms with van der Waals surface area (Å²) in [5.74, 6) is 0. The molecular weight excluding hydrogens is 251 g/mol. The SMILES string of the molecule is C[Si](C)(C)CSc1ccc(C(F)(F)F)cn1. The Hall–Kier alpha value is -0.493. The van der Waals surface area contributed by atoms with Crippen molar-refractivity contribution in [2.24, 2.45) is 0 Å². The van der Waals surface area contributed by atoms with Crippen molar-refractivity contribution in [3.63, 3.8) is 0 Å². The molecule has 6 heteroatoms. The van der Waals surface area contributed by atoms with Gasteiger partial charge in [0.1, 0.15) is 0 Å². The van der Waals surface area contributed by atoms with Crippen LogP contribution in [0.15, 0.2) is 23.4 Å². The summed E-state index contributed by atoms with van der Waals surface area (Å²) in [6.45, 7) is 6.64. The lowest BCUT2D eigenvalue weighted by Crippen LogP contribution is -2.23. The quantitative estimate of drug-likeness (QED) is 0.603. The first kappa shape index (κ1) is 13.6. The van der Waals surface area contributed by atoms with Gasteiger partial charge in [0.15, 0.2) is 0 Å². The van der Waals surface area contributed by atoms with Crippen LogP contribution >= 0.6 is 11.8 Å². The molecule has 16 heavy (non-hydrogen) atoms. The van der Waals surface area contributed by atoms with Gasteiger partial charge in [0, 0.05) is 6.20 Å². The maximum atomic E-state index is 12.3. The van der Waals surface area contributed by atoms with Crippen LogP contribution in [0.2, 0.25) is 19.6 Å². The minimum Gasteiger partial charge on any atom is -0.249 e. The van der Waals surface area contributed by atoms with E-state index in [9.17, 15) is 13.2 Å². The van der Waals surface area contributed by atoms with E-state index < -0.39 is 19.8 Å². The van der Waals surface area contributed by atoms with Gasteiger partial charge in [-0.3, -0.25) is 0 Å². The second kappa shape index (κ2) is 4.79. The monoisotopic (exact) mass is 265 g/mol. The summed E-state index contributed by atoms with van der Waals surface area (Å²) in [4.78, 5) is 3.81. The number of thioether (sulfide) groups is 1. The third-order valence-electron chi connectivity index (χ3n) is 1.72. The van der Waals surface area contributed by atoms with Gasteiger partial charge in [-0.25, -0.2) is 4.98 Å². The first-order valence-corrected chi connectivity index (χ1v) is 9.54. The van der Waals surface area contributed by atoms with Gasteiger partial charge in [-0.05, 0) is 17.5 Å². The Balaban J connectivity index is 2.66. The minimum absolute atomic E-state index is 0.662. The lowest BCUT2D eigenvalue weighted by molar-refractivity contribution is -0.137. The minimum atomic E-state index is -4.30. The Bertz CT molecular complexity index is 343. The number of hydrogen-bond donors (Lipinski definition) is 0. The van der Waals surface area contributed by atoms with E-state index in [4.69, 9.17) is 0 Å². The maximum Gasteiger partial charge on any atom is 0.417 e. The zero-order chi connectivity index (χ0) is 12.4. The molecule has 1 aromatic heterocycles. The molecule has 0 N–H and O–H groups in total. The molecule has 1 aromatic rings. The summed E-state index contributed by atoms with van der Waals surface area (Å²) in [6.07, 6.45) is -3.40. The van der Waals surface area contributed by atoms with Crippen LogP contribution in [-0.4, -0.2) is 18.4 Å². The molecule has 0 aliphatic rings. The largest absolute Gasteiger partial charge is 0.417 e. The predicted molar refractivity (Wildman–Crippen MR) is 63.3 cm³/mol. The fourth-order valence-electron chi connectivity index (χ4n) is 0.924. The molecule has 0 atom stereocenters. The lowest BCUT2D eigenvalue weighted by atomic mass is 10.3. The number of hydrogen-bond acceptors (Lipinski definition) is 2. The highest BCUT2D eigenvalue weighted by molar-refractivity contribution is 8.00. The van der Waals surface area contributed by atoms with Gasteiger partial charge >= 0.3 is 6.18 Å². The molecule has 0 bridgehead atoms. The molecule has 1 heterocycles. The van der Waals surface area contributed by atoms with Crippen molar-refractivity contribution in [2.75, 3.05) is 5.38 Å². The molecule has 90 valence electrons. The molecule has 1 nitrogen and oxygen atoms in total. The van der Waals surface area contributed by atoms with Crippen molar-refractivity contribution in [1.82, 2.24) is 4.98 Å². The van der Waals surface area contributed by atoms with Gasteiger partial charge in [0.05, 0.1) is 18.7 Å². The van der Waals surface area contributed by atoms with Crippen molar-refractivity contribution < 1.29 is 13.2 Å². The second-order valence-electron chi connectivity index (χ2n) is 4.73. The highest BCUT2D eigenvalue weighted by Crippen LogP contribution is 2.29. The fraction of sp³-hybridized carbons (Fsp3) is 0.500. The van der Waals surface area contributed by atoms with Crippen molar-refractivity contribution >= 4 is 19.8 Å². The van der Waals surface area contributed by atoms with E-state index in [1.807, 2.05) is 0 Å². The van der Waals surface area contributed by atoms with Crippen LogP contribution in [0.4, 0.5) is 13.2 Å². The van der Waals surface area contributed by atoms with E-state index in [1.54, 1.807) is 0 Å². The van der Waals surface area contributed by atoms with Gasteiger partial charge in [-0.15, -0.1) is 11.8 Å². The normalized spacial score (nSPS) is 12.9. The number of aromatic nitrogens is 1. The third-order valence-corrected chi connectivity index (χ3v) is 6.30. The number of rotatable bonds is 3. The van der Waals surface area contributed by atoms with Gasteiger partial charge in [-0.1, -0.05) is 19.6 Å². The molecule has 0 saturated carbocycles. The van der Waals surface area contributed by atoms with E-state index in [0.29, 0.717) is 5.03 Å². The van der Waals surface area contributed by atoms with Gasteiger partial charge in [0.2, 0.25) is 0 Å². The summed E-state index contributed by atoms with van der Waals surface area (Å²) in [6, 6.07) is 2.52. The summed E-state index contributed by atoms with van der Waals surface area (Å²) in [5, 5.41) is 1.63. The summed E-state index contributed by atoms with van der Waals surface area (Å²) >= 11 is 1.53. The van der Waals surface area contributed by atoms with Crippen molar-refractivity contribution in [3.05, 3.63) is 23.9 Å². The molecule has 0 saturated heterocycles. The van der Waals surface area contributed by atoms with E-state index in [0.717, 1.165) is 17.6 Å². The van der Waals surface area contributed by atoms with Crippen molar-refractivity contribution in [2.45, 2.75) is 30.8 Å². The lowest BCUT2D eigenvalue weighted by Gasteiger charge is -2.14. The Morgan fingerprint density at radius 3 is 2.25 bits per heavy atom. The molecule has 0 amide bonds. The van der Waals surface area contributed by atoms with Crippen molar-refractivity contribution in [1.29, 1.82) is 0 Å². The molecule has 0 aromatic carbocycles.